The number of piperazine rings is 1. The Kier molecular flexibility index (Phi) is 5.07. The highest BCUT2D eigenvalue weighted by Gasteiger charge is 2.20. The van der Waals surface area contributed by atoms with E-state index in [0.717, 1.165) is 31.9 Å². The Balaban J connectivity index is 1.54. The van der Waals surface area contributed by atoms with Crippen molar-refractivity contribution in [3.8, 4) is 11.3 Å². The smallest absolute Gasteiger partial charge is 0.0935 e. The fourth-order valence-corrected chi connectivity index (χ4v) is 3.79. The average Bonchev–Trinajstić information content (AvgIpc) is 2.75. The lowest BCUT2D eigenvalue weighted by Crippen LogP contribution is -2.46. The summed E-state index contributed by atoms with van der Waals surface area (Å²) in [4.78, 5) is 14.9. The third-order valence-electron chi connectivity index (χ3n) is 4.80. The maximum atomic E-state index is 4.69. The van der Waals surface area contributed by atoms with Crippen molar-refractivity contribution in [2.45, 2.75) is 4.90 Å². The van der Waals surface area contributed by atoms with Crippen molar-refractivity contribution >= 4 is 23.1 Å². The molecule has 1 aromatic carbocycles. The first-order valence-corrected chi connectivity index (χ1v) is 10.1. The average molecular weight is 363 g/mol. The van der Waals surface area contributed by atoms with Gasteiger partial charge in [0.05, 0.1) is 11.4 Å². The van der Waals surface area contributed by atoms with Crippen molar-refractivity contribution < 1.29 is 0 Å². The third kappa shape index (κ3) is 3.53. The van der Waals surface area contributed by atoms with Gasteiger partial charge in [-0.05, 0) is 42.7 Å². The zero-order valence-corrected chi connectivity index (χ0v) is 15.7. The van der Waals surface area contributed by atoms with Crippen LogP contribution < -0.4 is 9.80 Å². The summed E-state index contributed by atoms with van der Waals surface area (Å²) in [6.07, 6.45) is 7.70. The molecule has 0 spiro atoms. The highest BCUT2D eigenvalue weighted by atomic mass is 32.2. The van der Waals surface area contributed by atoms with Gasteiger partial charge in [-0.15, -0.1) is 11.8 Å². The molecule has 1 aliphatic rings. The van der Waals surface area contributed by atoms with E-state index in [2.05, 4.69) is 68.5 Å². The van der Waals surface area contributed by atoms with Gasteiger partial charge in [0.15, 0.2) is 0 Å². The van der Waals surface area contributed by atoms with E-state index in [1.807, 2.05) is 24.7 Å². The number of aromatic nitrogens is 2. The summed E-state index contributed by atoms with van der Waals surface area (Å²) in [5.74, 6) is 0. The molecule has 4 rings (SSSR count). The molecular formula is C21H22N4S. The maximum Gasteiger partial charge on any atom is 0.0935 e. The van der Waals surface area contributed by atoms with E-state index in [0.29, 0.717) is 0 Å². The van der Waals surface area contributed by atoms with E-state index in [4.69, 9.17) is 0 Å². The zero-order valence-electron chi connectivity index (χ0n) is 14.9. The van der Waals surface area contributed by atoms with Gasteiger partial charge in [0.25, 0.3) is 0 Å². The molecule has 1 aliphatic heterocycles. The molecule has 0 aliphatic carbocycles. The van der Waals surface area contributed by atoms with Crippen molar-refractivity contribution in [3.05, 3.63) is 67.1 Å². The van der Waals surface area contributed by atoms with E-state index in [9.17, 15) is 0 Å². The van der Waals surface area contributed by atoms with Crippen LogP contribution >= 0.6 is 11.8 Å². The molecule has 3 heterocycles. The van der Waals surface area contributed by atoms with Crippen LogP contribution in [0.3, 0.4) is 0 Å². The van der Waals surface area contributed by atoms with Crippen LogP contribution in [-0.4, -0.2) is 42.4 Å². The Labute approximate surface area is 158 Å². The van der Waals surface area contributed by atoms with Crippen LogP contribution in [0.1, 0.15) is 0 Å². The molecule has 0 atom stereocenters. The fraction of sp³-hybridized carbons (Fsp3) is 0.238. The summed E-state index contributed by atoms with van der Waals surface area (Å²) in [5, 5.41) is 0. The number of benzene rings is 1. The maximum absolute atomic E-state index is 4.69. The van der Waals surface area contributed by atoms with Crippen LogP contribution in [-0.2, 0) is 0 Å². The second-order valence-corrected chi connectivity index (χ2v) is 7.16. The lowest BCUT2D eigenvalue weighted by Gasteiger charge is -2.37. The Morgan fingerprint density at radius 3 is 2.19 bits per heavy atom. The molecule has 4 nitrogen and oxygen atoms in total. The largest absolute Gasteiger partial charge is 0.368 e. The molecule has 0 radical (unpaired) electrons. The molecule has 0 amide bonds. The monoisotopic (exact) mass is 362 g/mol. The molecule has 26 heavy (non-hydrogen) atoms. The van der Waals surface area contributed by atoms with Crippen molar-refractivity contribution in [1.29, 1.82) is 0 Å². The highest BCUT2D eigenvalue weighted by Crippen LogP contribution is 2.31. The molecule has 0 saturated carbocycles. The summed E-state index contributed by atoms with van der Waals surface area (Å²) in [6, 6.07) is 17.1. The molecule has 0 bridgehead atoms. The van der Waals surface area contributed by atoms with Crippen molar-refractivity contribution in [2.75, 3.05) is 42.2 Å². The Morgan fingerprint density at radius 1 is 0.808 bits per heavy atom. The molecule has 132 valence electrons. The minimum atomic E-state index is 0.990. The normalized spacial score (nSPS) is 14.5. The summed E-state index contributed by atoms with van der Waals surface area (Å²) in [7, 11) is 0. The molecule has 1 saturated heterocycles. The molecule has 0 N–H and O–H groups in total. The first-order chi connectivity index (χ1) is 12.8. The molecule has 1 fully saturated rings. The van der Waals surface area contributed by atoms with Gasteiger partial charge in [-0.1, -0.05) is 12.1 Å². The number of nitrogens with zero attached hydrogens (tertiary/aromatic N) is 4. The number of hydrogen-bond donors (Lipinski definition) is 0. The van der Waals surface area contributed by atoms with Crippen LogP contribution in [0.2, 0.25) is 0 Å². The van der Waals surface area contributed by atoms with Gasteiger partial charge in [0, 0.05) is 60.9 Å². The molecule has 5 heteroatoms. The van der Waals surface area contributed by atoms with Gasteiger partial charge in [-0.25, -0.2) is 0 Å². The second kappa shape index (κ2) is 7.79. The molecule has 2 aromatic heterocycles. The second-order valence-electron chi connectivity index (χ2n) is 6.28. The van der Waals surface area contributed by atoms with Gasteiger partial charge < -0.3 is 9.80 Å². The highest BCUT2D eigenvalue weighted by molar-refractivity contribution is 7.98. The van der Waals surface area contributed by atoms with E-state index in [1.165, 1.54) is 21.8 Å². The summed E-state index contributed by atoms with van der Waals surface area (Å²) < 4.78 is 0. The number of pyridine rings is 2. The lowest BCUT2D eigenvalue weighted by atomic mass is 10.1. The Hall–Kier alpha value is -2.53. The van der Waals surface area contributed by atoms with Gasteiger partial charge >= 0.3 is 0 Å². The minimum Gasteiger partial charge on any atom is -0.368 e. The van der Waals surface area contributed by atoms with Crippen molar-refractivity contribution in [3.63, 3.8) is 0 Å². The Morgan fingerprint density at radius 2 is 1.50 bits per heavy atom. The van der Waals surface area contributed by atoms with E-state index < -0.39 is 0 Å². The minimum absolute atomic E-state index is 0.990. The number of rotatable bonds is 4. The summed E-state index contributed by atoms with van der Waals surface area (Å²) in [6.45, 7) is 3.99. The Bertz CT molecular complexity index is 843. The fourth-order valence-electron chi connectivity index (χ4n) is 3.38. The third-order valence-corrected chi connectivity index (χ3v) is 5.54. The van der Waals surface area contributed by atoms with Crippen LogP contribution in [0.4, 0.5) is 11.4 Å². The van der Waals surface area contributed by atoms with Gasteiger partial charge in [0.2, 0.25) is 0 Å². The molecule has 3 aromatic rings. The molecule has 0 unspecified atom stereocenters. The topological polar surface area (TPSA) is 32.3 Å². The number of thioether (sulfide) groups is 1. The summed E-state index contributed by atoms with van der Waals surface area (Å²) in [5.41, 5.74) is 4.71. The molecular weight excluding hydrogens is 340 g/mol. The van der Waals surface area contributed by atoms with Crippen LogP contribution in [0, 0.1) is 0 Å². The standard InChI is InChI=1S/C21H22N4S/c1-26-19-6-4-17(5-7-19)21-20(3-2-10-23-21)25-15-13-24(14-16-25)18-8-11-22-12-9-18/h2-12H,13-16H2,1H3. The predicted molar refractivity (Wildman–Crippen MR) is 110 cm³/mol. The van der Waals surface area contributed by atoms with Crippen LogP contribution in [0.5, 0.6) is 0 Å². The zero-order chi connectivity index (χ0) is 17.8. The lowest BCUT2D eigenvalue weighted by molar-refractivity contribution is 0.653. The first-order valence-electron chi connectivity index (χ1n) is 8.84. The van der Waals surface area contributed by atoms with Gasteiger partial charge in [0.1, 0.15) is 0 Å². The SMILES string of the molecule is CSc1ccc(-c2ncccc2N2CCN(c3ccncc3)CC2)cc1. The van der Waals surface area contributed by atoms with E-state index in [-0.39, 0.29) is 0 Å². The van der Waals surface area contributed by atoms with Crippen molar-refractivity contribution in [1.82, 2.24) is 9.97 Å². The van der Waals surface area contributed by atoms with Crippen LogP contribution in [0.15, 0.2) is 72.0 Å². The predicted octanol–water partition coefficient (Wildman–Crippen LogP) is 4.19. The quantitative estimate of drug-likeness (QED) is 0.650. The first kappa shape index (κ1) is 16.9. The van der Waals surface area contributed by atoms with Gasteiger partial charge in [-0.2, -0.15) is 0 Å². The van der Waals surface area contributed by atoms with Crippen molar-refractivity contribution in [2.24, 2.45) is 0 Å². The van der Waals surface area contributed by atoms with Crippen LogP contribution in [0.25, 0.3) is 11.3 Å². The number of anilines is 2. The summed E-state index contributed by atoms with van der Waals surface area (Å²) >= 11 is 1.76. The van der Waals surface area contributed by atoms with E-state index >= 15 is 0 Å². The van der Waals surface area contributed by atoms with E-state index in [1.54, 1.807) is 11.8 Å². The number of hydrogen-bond acceptors (Lipinski definition) is 5. The van der Waals surface area contributed by atoms with Gasteiger partial charge in [-0.3, -0.25) is 9.97 Å².